The lowest BCUT2D eigenvalue weighted by atomic mass is 9.59. The summed E-state index contributed by atoms with van der Waals surface area (Å²) in [7, 11) is 1.63. The number of piperazine rings is 1. The highest BCUT2D eigenvalue weighted by Crippen LogP contribution is 2.53. The summed E-state index contributed by atoms with van der Waals surface area (Å²) in [6, 6.07) is 7.86. The Morgan fingerprint density at radius 3 is 2.10 bits per heavy atom. The SMILES string of the molecule is CC1=C(C(=O)O)C(CC(C)(C)CN2CCN(CCC#N)CC2)(c2cccc([N+](=O)[O-])c2)C(C(=O)O)=C(C)N1C. The largest absolute Gasteiger partial charge is 0.478 e. The number of hydrogen-bond acceptors (Lipinski definition) is 8. The van der Waals surface area contributed by atoms with Crippen molar-refractivity contribution in [3.63, 3.8) is 0 Å². The molecule has 0 radical (unpaired) electrons. The molecule has 1 saturated heterocycles. The predicted octanol–water partition coefficient (Wildman–Crippen LogP) is 3.44. The molecule has 2 N–H and O–H groups in total. The van der Waals surface area contributed by atoms with Gasteiger partial charge in [-0.2, -0.15) is 5.26 Å². The van der Waals surface area contributed by atoms with Crippen molar-refractivity contribution in [1.82, 2.24) is 14.7 Å². The zero-order valence-electron chi connectivity index (χ0n) is 23.2. The Hall–Kier alpha value is -3.75. The second kappa shape index (κ2) is 11.6. The number of benzene rings is 1. The molecule has 3 rings (SSSR count). The summed E-state index contributed by atoms with van der Waals surface area (Å²) < 4.78 is 0. The van der Waals surface area contributed by atoms with E-state index in [1.165, 1.54) is 18.2 Å². The minimum atomic E-state index is -1.64. The number of carboxylic acid groups (broad SMARTS) is 2. The minimum Gasteiger partial charge on any atom is -0.478 e. The van der Waals surface area contributed by atoms with Gasteiger partial charge in [0.05, 0.1) is 27.6 Å². The van der Waals surface area contributed by atoms with Gasteiger partial charge in [-0.1, -0.05) is 26.0 Å². The van der Waals surface area contributed by atoms with Crippen molar-refractivity contribution < 1.29 is 24.7 Å². The van der Waals surface area contributed by atoms with E-state index in [0.29, 0.717) is 24.4 Å². The van der Waals surface area contributed by atoms with Crippen LogP contribution >= 0.6 is 0 Å². The first-order valence-corrected chi connectivity index (χ1v) is 12.9. The topological polar surface area (TPSA) is 151 Å². The molecule has 1 aromatic rings. The molecule has 0 bridgehead atoms. The monoisotopic (exact) mass is 539 g/mol. The van der Waals surface area contributed by atoms with Crippen LogP contribution in [0.25, 0.3) is 0 Å². The normalized spacial score (nSPS) is 18.7. The maximum atomic E-state index is 12.9. The summed E-state index contributed by atoms with van der Waals surface area (Å²) in [5.41, 5.74) is -1.60. The van der Waals surface area contributed by atoms with Gasteiger partial charge in [0.1, 0.15) is 0 Å². The molecule has 2 heterocycles. The van der Waals surface area contributed by atoms with Crippen LogP contribution in [0.3, 0.4) is 0 Å². The van der Waals surface area contributed by atoms with Gasteiger partial charge in [-0.3, -0.25) is 15.0 Å². The summed E-state index contributed by atoms with van der Waals surface area (Å²) in [4.78, 5) is 43.1. The van der Waals surface area contributed by atoms with E-state index in [9.17, 15) is 29.9 Å². The van der Waals surface area contributed by atoms with Crippen LogP contribution in [0.2, 0.25) is 0 Å². The Balaban J connectivity index is 2.15. The van der Waals surface area contributed by atoms with E-state index < -0.39 is 27.7 Å². The zero-order chi connectivity index (χ0) is 29.1. The van der Waals surface area contributed by atoms with E-state index in [0.717, 1.165) is 32.7 Å². The fourth-order valence-corrected chi connectivity index (χ4v) is 6.21. The van der Waals surface area contributed by atoms with Gasteiger partial charge < -0.3 is 20.0 Å². The van der Waals surface area contributed by atoms with Crippen molar-refractivity contribution in [2.45, 2.75) is 46.0 Å². The number of nitro benzene ring substituents is 1. The lowest BCUT2D eigenvalue weighted by molar-refractivity contribution is -0.385. The summed E-state index contributed by atoms with van der Waals surface area (Å²) >= 11 is 0. The molecule has 0 saturated carbocycles. The number of carbonyl (C=O) groups is 2. The average Bonchev–Trinajstić information content (AvgIpc) is 2.86. The molecule has 0 aromatic heterocycles. The fourth-order valence-electron chi connectivity index (χ4n) is 6.21. The first-order valence-electron chi connectivity index (χ1n) is 12.9. The van der Waals surface area contributed by atoms with Crippen LogP contribution in [0.4, 0.5) is 5.69 Å². The van der Waals surface area contributed by atoms with Gasteiger partial charge in [-0.05, 0) is 31.2 Å². The number of allylic oxidation sites excluding steroid dienone is 2. The number of non-ortho nitro benzene ring substituents is 1. The second-order valence-corrected chi connectivity index (χ2v) is 11.2. The van der Waals surface area contributed by atoms with Crippen molar-refractivity contribution in [2.24, 2.45) is 5.41 Å². The molecule has 0 unspecified atom stereocenters. The van der Waals surface area contributed by atoms with E-state index in [-0.39, 0.29) is 28.8 Å². The van der Waals surface area contributed by atoms with Gasteiger partial charge in [0, 0.05) is 76.3 Å². The molecule has 2 aliphatic heterocycles. The number of nitriles is 1. The molecule has 1 fully saturated rings. The summed E-state index contributed by atoms with van der Waals surface area (Å²) in [6.07, 6.45) is 0.584. The van der Waals surface area contributed by atoms with Crippen molar-refractivity contribution in [3.8, 4) is 6.07 Å². The van der Waals surface area contributed by atoms with E-state index in [1.807, 2.05) is 13.8 Å². The van der Waals surface area contributed by atoms with Crippen LogP contribution in [0, 0.1) is 26.9 Å². The lowest BCUT2D eigenvalue weighted by Crippen LogP contribution is -2.52. The molecule has 210 valence electrons. The molecule has 11 nitrogen and oxygen atoms in total. The first-order chi connectivity index (χ1) is 18.2. The van der Waals surface area contributed by atoms with E-state index in [1.54, 1.807) is 31.9 Å². The smallest absolute Gasteiger partial charge is 0.334 e. The van der Waals surface area contributed by atoms with Crippen molar-refractivity contribution in [1.29, 1.82) is 5.26 Å². The minimum absolute atomic E-state index is 0.0945. The third kappa shape index (κ3) is 5.97. The Morgan fingerprint density at radius 1 is 1.08 bits per heavy atom. The highest BCUT2D eigenvalue weighted by molar-refractivity contribution is 6.00. The molecule has 0 spiro atoms. The molecular weight excluding hydrogens is 502 g/mol. The molecule has 1 aromatic carbocycles. The van der Waals surface area contributed by atoms with Crippen molar-refractivity contribution in [2.75, 3.05) is 46.3 Å². The predicted molar refractivity (Wildman–Crippen MR) is 145 cm³/mol. The lowest BCUT2D eigenvalue weighted by Gasteiger charge is -2.48. The van der Waals surface area contributed by atoms with Crippen molar-refractivity contribution in [3.05, 3.63) is 62.5 Å². The molecule has 0 aliphatic carbocycles. The maximum absolute atomic E-state index is 12.9. The quantitative estimate of drug-likeness (QED) is 0.334. The van der Waals surface area contributed by atoms with Crippen LogP contribution in [0.5, 0.6) is 0 Å². The van der Waals surface area contributed by atoms with Crippen molar-refractivity contribution >= 4 is 17.6 Å². The standard InChI is InChI=1S/C28H37N5O6/c1-19-23(25(34)35)28(24(26(36)37)20(2)30(19)5,21-8-6-9-22(16-21)33(38)39)17-27(3,4)18-32-14-12-31(13-15-32)11-7-10-29/h6,8-9,16H,7,11-15,17-18H2,1-5H3,(H,34,35)(H,36,37). The van der Waals surface area contributed by atoms with Gasteiger partial charge in [0.15, 0.2) is 0 Å². The summed E-state index contributed by atoms with van der Waals surface area (Å²) in [6.45, 7) is 11.7. The maximum Gasteiger partial charge on any atom is 0.334 e. The van der Waals surface area contributed by atoms with Crippen LogP contribution in [0.15, 0.2) is 46.8 Å². The Morgan fingerprint density at radius 2 is 1.62 bits per heavy atom. The average molecular weight is 540 g/mol. The van der Waals surface area contributed by atoms with Crippen LogP contribution in [-0.2, 0) is 15.0 Å². The summed E-state index contributed by atoms with van der Waals surface area (Å²) in [5, 5.41) is 41.7. The number of aliphatic carboxylic acids is 2. The highest BCUT2D eigenvalue weighted by atomic mass is 16.6. The third-order valence-electron chi connectivity index (χ3n) is 7.96. The van der Waals surface area contributed by atoms with Crippen LogP contribution < -0.4 is 0 Å². The second-order valence-electron chi connectivity index (χ2n) is 11.2. The fraction of sp³-hybridized carbons (Fsp3) is 0.536. The van der Waals surface area contributed by atoms with Crippen LogP contribution in [0.1, 0.15) is 46.1 Å². The first kappa shape index (κ1) is 29.8. The molecule has 2 aliphatic rings. The number of carboxylic acids is 2. The molecule has 39 heavy (non-hydrogen) atoms. The summed E-state index contributed by atoms with van der Waals surface area (Å²) in [5.74, 6) is -2.53. The van der Waals surface area contributed by atoms with E-state index >= 15 is 0 Å². The number of nitro groups is 1. The van der Waals surface area contributed by atoms with Gasteiger partial charge in [0.25, 0.3) is 5.69 Å². The zero-order valence-corrected chi connectivity index (χ0v) is 23.2. The molecule has 11 heteroatoms. The van der Waals surface area contributed by atoms with E-state index in [4.69, 9.17) is 5.26 Å². The Labute approximate surface area is 228 Å². The highest BCUT2D eigenvalue weighted by Gasteiger charge is 2.54. The molecular formula is C28H37N5O6. The van der Waals surface area contributed by atoms with E-state index in [2.05, 4.69) is 15.9 Å². The molecule has 0 atom stereocenters. The van der Waals surface area contributed by atoms with Gasteiger partial charge in [-0.15, -0.1) is 0 Å². The van der Waals surface area contributed by atoms with Gasteiger partial charge >= 0.3 is 11.9 Å². The van der Waals surface area contributed by atoms with Gasteiger partial charge in [-0.25, -0.2) is 9.59 Å². The number of hydrogen-bond donors (Lipinski definition) is 2. The van der Waals surface area contributed by atoms with Gasteiger partial charge in [0.2, 0.25) is 0 Å². The molecule has 0 amide bonds. The Kier molecular flexibility index (Phi) is 8.83. The number of nitrogens with zero attached hydrogens (tertiary/aromatic N) is 5. The van der Waals surface area contributed by atoms with Crippen LogP contribution in [-0.4, -0.2) is 88.1 Å². The third-order valence-corrected chi connectivity index (χ3v) is 7.96. The Bertz CT molecular complexity index is 1220. The number of rotatable bonds is 10.